The predicted molar refractivity (Wildman–Crippen MR) is 89.1 cm³/mol. The van der Waals surface area contributed by atoms with Crippen molar-refractivity contribution in [1.82, 2.24) is 5.32 Å². The van der Waals surface area contributed by atoms with Gasteiger partial charge in [0.25, 0.3) is 0 Å². The average Bonchev–Trinajstić information content (AvgIpc) is 3.19. The summed E-state index contributed by atoms with van der Waals surface area (Å²) in [4.78, 5) is 25.9. The van der Waals surface area contributed by atoms with Gasteiger partial charge in [-0.2, -0.15) is 0 Å². The zero-order valence-corrected chi connectivity index (χ0v) is 14.0. The summed E-state index contributed by atoms with van der Waals surface area (Å²) in [5, 5.41) is 6.91. The number of rotatable bonds is 8. The lowest BCUT2D eigenvalue weighted by Gasteiger charge is -2.16. The molecular formula is C16H19NO3S2. The molecule has 22 heavy (non-hydrogen) atoms. The van der Waals surface area contributed by atoms with Gasteiger partial charge >= 0.3 is 5.97 Å². The average molecular weight is 337 g/mol. The molecular weight excluding hydrogens is 318 g/mol. The smallest absolute Gasteiger partial charge is 0.307 e. The summed E-state index contributed by atoms with van der Waals surface area (Å²) in [6.45, 7) is 0. The Balaban J connectivity index is 1.83. The number of hydrogen-bond donors (Lipinski definition) is 1. The number of methoxy groups -OCH3 is 1. The first-order chi connectivity index (χ1) is 10.7. The monoisotopic (exact) mass is 337 g/mol. The molecule has 2 rings (SSSR count). The Hall–Kier alpha value is -1.66. The largest absolute Gasteiger partial charge is 0.469 e. The van der Waals surface area contributed by atoms with Gasteiger partial charge in [-0.1, -0.05) is 12.1 Å². The molecule has 0 radical (unpaired) electrons. The van der Waals surface area contributed by atoms with E-state index in [0.717, 1.165) is 17.7 Å². The minimum atomic E-state index is -0.322. The summed E-state index contributed by atoms with van der Waals surface area (Å²) in [7, 11) is 1.36. The van der Waals surface area contributed by atoms with Crippen molar-refractivity contribution in [3.05, 3.63) is 44.8 Å². The molecule has 0 saturated heterocycles. The van der Waals surface area contributed by atoms with Crippen LogP contribution in [0, 0.1) is 0 Å². The van der Waals surface area contributed by atoms with Crippen LogP contribution < -0.4 is 5.32 Å². The number of ether oxygens (including phenoxy) is 1. The number of thiophene rings is 2. The molecule has 0 aromatic carbocycles. The fraction of sp³-hybridized carbons (Fsp3) is 0.375. The van der Waals surface area contributed by atoms with Crippen LogP contribution in [-0.2, 0) is 20.7 Å². The molecule has 1 amide bonds. The fourth-order valence-corrected chi connectivity index (χ4v) is 3.64. The van der Waals surface area contributed by atoms with Gasteiger partial charge in [-0.05, 0) is 35.7 Å². The van der Waals surface area contributed by atoms with Crippen molar-refractivity contribution in [2.45, 2.75) is 31.7 Å². The number of esters is 1. The molecule has 6 heteroatoms. The normalized spacial score (nSPS) is 11.9. The first-order valence-corrected chi connectivity index (χ1v) is 8.87. The van der Waals surface area contributed by atoms with E-state index < -0.39 is 0 Å². The Morgan fingerprint density at radius 1 is 1.23 bits per heavy atom. The number of aryl methyl sites for hydroxylation is 1. The molecule has 2 aromatic rings. The maximum atomic E-state index is 12.1. The number of nitrogens with one attached hydrogen (secondary N) is 1. The number of carbonyl (C=O) groups excluding carboxylic acids is 2. The van der Waals surface area contributed by atoms with Crippen LogP contribution in [0.5, 0.6) is 0 Å². The molecule has 0 aliphatic carbocycles. The van der Waals surface area contributed by atoms with Gasteiger partial charge < -0.3 is 10.1 Å². The van der Waals surface area contributed by atoms with Crippen LogP contribution in [0.1, 0.15) is 35.1 Å². The van der Waals surface area contributed by atoms with Gasteiger partial charge in [0.05, 0.1) is 19.6 Å². The minimum absolute atomic E-state index is 0.0288. The van der Waals surface area contributed by atoms with E-state index in [9.17, 15) is 9.59 Å². The van der Waals surface area contributed by atoms with Gasteiger partial charge in [-0.25, -0.2) is 0 Å². The molecule has 0 spiro atoms. The summed E-state index contributed by atoms with van der Waals surface area (Å²) in [6.07, 6.45) is 2.34. The maximum Gasteiger partial charge on any atom is 0.307 e. The van der Waals surface area contributed by atoms with Crippen molar-refractivity contribution in [3.8, 4) is 0 Å². The zero-order chi connectivity index (χ0) is 15.8. The first kappa shape index (κ1) is 16.7. The minimum Gasteiger partial charge on any atom is -0.469 e. The second kappa shape index (κ2) is 8.70. The molecule has 0 aliphatic heterocycles. The third-order valence-electron chi connectivity index (χ3n) is 3.23. The molecule has 0 saturated carbocycles. The van der Waals surface area contributed by atoms with E-state index in [1.165, 1.54) is 23.3 Å². The highest BCUT2D eigenvalue weighted by Crippen LogP contribution is 2.22. The van der Waals surface area contributed by atoms with E-state index in [1.807, 2.05) is 29.0 Å². The molecule has 1 N–H and O–H groups in total. The van der Waals surface area contributed by atoms with Crippen LogP contribution in [0.25, 0.3) is 0 Å². The van der Waals surface area contributed by atoms with Crippen LogP contribution in [0.2, 0.25) is 0 Å². The van der Waals surface area contributed by atoms with Crippen molar-refractivity contribution in [1.29, 1.82) is 0 Å². The SMILES string of the molecule is COC(=O)CC(NC(=O)CCCc1cccs1)c1cccs1. The lowest BCUT2D eigenvalue weighted by Crippen LogP contribution is -2.29. The summed E-state index contributed by atoms with van der Waals surface area (Å²) < 4.78 is 4.71. The lowest BCUT2D eigenvalue weighted by atomic mass is 10.1. The van der Waals surface area contributed by atoms with Crippen molar-refractivity contribution >= 4 is 34.6 Å². The van der Waals surface area contributed by atoms with Gasteiger partial charge in [0, 0.05) is 16.2 Å². The number of amides is 1. The first-order valence-electron chi connectivity index (χ1n) is 7.11. The van der Waals surface area contributed by atoms with Crippen molar-refractivity contribution in [3.63, 3.8) is 0 Å². The van der Waals surface area contributed by atoms with Crippen molar-refractivity contribution in [2.75, 3.05) is 7.11 Å². The van der Waals surface area contributed by atoms with Crippen LogP contribution in [-0.4, -0.2) is 19.0 Å². The quantitative estimate of drug-likeness (QED) is 0.750. The van der Waals surface area contributed by atoms with Crippen LogP contribution in [0.15, 0.2) is 35.0 Å². The van der Waals surface area contributed by atoms with E-state index in [4.69, 9.17) is 4.74 Å². The fourth-order valence-electron chi connectivity index (χ4n) is 2.11. The van der Waals surface area contributed by atoms with Crippen LogP contribution in [0.4, 0.5) is 0 Å². The molecule has 2 heterocycles. The Bertz CT molecular complexity index is 579. The highest BCUT2D eigenvalue weighted by molar-refractivity contribution is 7.10. The molecule has 0 bridgehead atoms. The lowest BCUT2D eigenvalue weighted by molar-refractivity contribution is -0.141. The van der Waals surface area contributed by atoms with Gasteiger partial charge in [0.2, 0.25) is 5.91 Å². The third-order valence-corrected chi connectivity index (χ3v) is 5.15. The van der Waals surface area contributed by atoms with Crippen LogP contribution >= 0.6 is 22.7 Å². The third kappa shape index (κ3) is 5.27. The highest BCUT2D eigenvalue weighted by atomic mass is 32.1. The Kier molecular flexibility index (Phi) is 6.61. The van der Waals surface area contributed by atoms with Crippen LogP contribution in [0.3, 0.4) is 0 Å². The van der Waals surface area contributed by atoms with Gasteiger partial charge in [0.15, 0.2) is 0 Å². The topological polar surface area (TPSA) is 55.4 Å². The van der Waals surface area contributed by atoms with E-state index in [-0.39, 0.29) is 24.3 Å². The molecule has 118 valence electrons. The Morgan fingerprint density at radius 2 is 2.00 bits per heavy atom. The molecule has 0 aliphatic rings. The van der Waals surface area contributed by atoms with Gasteiger partial charge in [-0.15, -0.1) is 22.7 Å². The van der Waals surface area contributed by atoms with E-state index in [1.54, 1.807) is 11.3 Å². The predicted octanol–water partition coefficient (Wildman–Crippen LogP) is 3.55. The molecule has 1 atom stereocenters. The summed E-state index contributed by atoms with van der Waals surface area (Å²) >= 11 is 3.23. The van der Waals surface area contributed by atoms with E-state index in [0.29, 0.717) is 6.42 Å². The second-order valence-electron chi connectivity index (χ2n) is 4.85. The summed E-state index contributed by atoms with van der Waals surface area (Å²) in [6, 6.07) is 7.62. The van der Waals surface area contributed by atoms with E-state index in [2.05, 4.69) is 11.4 Å². The van der Waals surface area contributed by atoms with Crippen molar-refractivity contribution in [2.24, 2.45) is 0 Å². The Morgan fingerprint density at radius 3 is 2.64 bits per heavy atom. The molecule has 1 unspecified atom stereocenters. The molecule has 0 fully saturated rings. The highest BCUT2D eigenvalue weighted by Gasteiger charge is 2.19. The number of hydrogen-bond acceptors (Lipinski definition) is 5. The molecule has 2 aromatic heterocycles. The summed E-state index contributed by atoms with van der Waals surface area (Å²) in [5.74, 6) is -0.351. The van der Waals surface area contributed by atoms with Gasteiger partial charge in [0.1, 0.15) is 0 Å². The summed E-state index contributed by atoms with van der Waals surface area (Å²) in [5.41, 5.74) is 0. The number of carbonyl (C=O) groups is 2. The van der Waals surface area contributed by atoms with E-state index >= 15 is 0 Å². The molecule has 4 nitrogen and oxygen atoms in total. The van der Waals surface area contributed by atoms with Gasteiger partial charge in [-0.3, -0.25) is 9.59 Å². The zero-order valence-electron chi connectivity index (χ0n) is 12.4. The Labute approximate surface area is 138 Å². The van der Waals surface area contributed by atoms with Crippen molar-refractivity contribution < 1.29 is 14.3 Å². The standard InChI is InChI=1S/C16H19NO3S2/c1-20-16(19)11-13(14-7-4-10-22-14)17-15(18)8-2-5-12-6-3-9-21-12/h3-4,6-7,9-10,13H,2,5,8,11H2,1H3,(H,17,18). The maximum absolute atomic E-state index is 12.1. The second-order valence-corrected chi connectivity index (χ2v) is 6.86.